The first-order chi connectivity index (χ1) is 9.69. The second-order valence-electron chi connectivity index (χ2n) is 4.47. The summed E-state index contributed by atoms with van der Waals surface area (Å²) >= 11 is 0. The van der Waals surface area contributed by atoms with E-state index in [0.717, 1.165) is 24.2 Å². The fourth-order valence-corrected chi connectivity index (χ4v) is 1.69. The molecule has 1 rings (SSSR count). The molecule has 0 unspecified atom stereocenters. The maximum atomic E-state index is 11.9. The first kappa shape index (κ1) is 16.1. The molecule has 3 heteroatoms. The van der Waals surface area contributed by atoms with E-state index in [1.54, 1.807) is 6.20 Å². The van der Waals surface area contributed by atoms with Gasteiger partial charge in [0.15, 0.2) is 5.78 Å². The molecule has 0 saturated heterocycles. The number of hydrogen-bond donors (Lipinski definition) is 1. The van der Waals surface area contributed by atoms with Gasteiger partial charge in [0, 0.05) is 18.2 Å². The van der Waals surface area contributed by atoms with E-state index in [1.165, 1.54) is 0 Å². The van der Waals surface area contributed by atoms with Crippen molar-refractivity contribution in [3.8, 4) is 0 Å². The van der Waals surface area contributed by atoms with Crippen molar-refractivity contribution in [2.45, 2.75) is 19.8 Å². The van der Waals surface area contributed by atoms with E-state index in [-0.39, 0.29) is 5.78 Å². The lowest BCUT2D eigenvalue weighted by Crippen LogP contribution is -2.10. The summed E-state index contributed by atoms with van der Waals surface area (Å²) in [7, 11) is 1.88. The van der Waals surface area contributed by atoms with E-state index in [1.807, 2.05) is 50.4 Å². The Kier molecular flexibility index (Phi) is 7.22. The highest BCUT2D eigenvalue weighted by atomic mass is 16.1. The number of carbonyl (C=O) groups excluding carboxylic acids is 1. The van der Waals surface area contributed by atoms with Crippen LogP contribution in [-0.2, 0) is 0 Å². The molecule has 0 aromatic carbocycles. The van der Waals surface area contributed by atoms with Crippen molar-refractivity contribution in [2.24, 2.45) is 0 Å². The minimum atomic E-state index is 0.134. The predicted molar refractivity (Wildman–Crippen MR) is 84.7 cm³/mol. The zero-order chi connectivity index (χ0) is 14.8. The molecule has 1 N–H and O–H groups in total. The summed E-state index contributed by atoms with van der Waals surface area (Å²) in [5.74, 6) is 0.134. The molecule has 0 atom stereocenters. The lowest BCUT2D eigenvalue weighted by atomic mass is 10.1. The number of hydrogen-bond acceptors (Lipinski definition) is 3. The number of pyridine rings is 1. The number of nitrogens with one attached hydrogen (secondary N) is 1. The summed E-state index contributed by atoms with van der Waals surface area (Å²) in [5, 5.41) is 3.03. The molecule has 0 radical (unpaired) electrons. The molecule has 1 aromatic heterocycles. The molecule has 20 heavy (non-hydrogen) atoms. The largest absolute Gasteiger partial charge is 0.320 e. The quantitative estimate of drug-likeness (QED) is 0.447. The average Bonchev–Trinajstić information content (AvgIpc) is 2.47. The Labute approximate surface area is 121 Å². The summed E-state index contributed by atoms with van der Waals surface area (Å²) in [6.07, 6.45) is 10.7. The molecule has 0 bridgehead atoms. The van der Waals surface area contributed by atoms with Gasteiger partial charge in [-0.15, -0.1) is 0 Å². The SMILES string of the molecule is C=C(/C=C\C=C/C)c1ccc(C(=O)CCCNC)cn1. The number of rotatable bonds is 8. The van der Waals surface area contributed by atoms with Gasteiger partial charge in [0.05, 0.1) is 5.69 Å². The van der Waals surface area contributed by atoms with E-state index in [9.17, 15) is 4.79 Å². The van der Waals surface area contributed by atoms with E-state index >= 15 is 0 Å². The lowest BCUT2D eigenvalue weighted by Gasteiger charge is -2.03. The Balaban J connectivity index is 2.64. The van der Waals surface area contributed by atoms with Crippen molar-refractivity contribution >= 4 is 11.4 Å². The van der Waals surface area contributed by atoms with Crippen LogP contribution >= 0.6 is 0 Å². The third-order valence-corrected chi connectivity index (χ3v) is 2.85. The van der Waals surface area contributed by atoms with Crippen LogP contribution < -0.4 is 5.32 Å². The first-order valence-electron chi connectivity index (χ1n) is 6.81. The molecule has 106 valence electrons. The number of aromatic nitrogens is 1. The van der Waals surface area contributed by atoms with Gasteiger partial charge in [-0.3, -0.25) is 9.78 Å². The highest BCUT2D eigenvalue weighted by molar-refractivity contribution is 5.95. The van der Waals surface area contributed by atoms with Gasteiger partial charge in [-0.05, 0) is 44.6 Å². The molecule has 0 spiro atoms. The van der Waals surface area contributed by atoms with Crippen LogP contribution in [-0.4, -0.2) is 24.4 Å². The predicted octanol–water partition coefficient (Wildman–Crippen LogP) is 3.41. The van der Waals surface area contributed by atoms with Crippen LogP contribution in [0.5, 0.6) is 0 Å². The Morgan fingerprint density at radius 2 is 2.20 bits per heavy atom. The van der Waals surface area contributed by atoms with Crippen molar-refractivity contribution in [3.05, 3.63) is 60.5 Å². The molecular formula is C17H22N2O. The molecule has 1 heterocycles. The number of Topliss-reactive ketones (excluding diaryl/α,β-unsaturated/α-hetero) is 1. The van der Waals surface area contributed by atoms with Crippen molar-refractivity contribution in [1.29, 1.82) is 0 Å². The van der Waals surface area contributed by atoms with Crippen LogP contribution in [0.15, 0.2) is 49.2 Å². The second-order valence-corrected chi connectivity index (χ2v) is 4.47. The zero-order valence-electron chi connectivity index (χ0n) is 12.2. The van der Waals surface area contributed by atoms with Crippen LogP contribution in [0.1, 0.15) is 35.8 Å². The maximum Gasteiger partial charge on any atom is 0.164 e. The molecule has 0 aliphatic heterocycles. The van der Waals surface area contributed by atoms with E-state index in [2.05, 4.69) is 16.9 Å². The molecule has 0 aliphatic rings. The average molecular weight is 270 g/mol. The molecule has 0 aliphatic carbocycles. The third-order valence-electron chi connectivity index (χ3n) is 2.85. The Bertz CT molecular complexity index is 498. The van der Waals surface area contributed by atoms with Crippen LogP contribution in [0.4, 0.5) is 0 Å². The summed E-state index contributed by atoms with van der Waals surface area (Å²) in [6.45, 7) is 6.76. The van der Waals surface area contributed by atoms with Gasteiger partial charge < -0.3 is 5.32 Å². The molecule has 0 fully saturated rings. The smallest absolute Gasteiger partial charge is 0.164 e. The summed E-state index contributed by atoms with van der Waals surface area (Å²) in [4.78, 5) is 16.2. The molecule has 0 saturated carbocycles. The second kappa shape index (κ2) is 8.99. The third kappa shape index (κ3) is 5.33. The van der Waals surface area contributed by atoms with Crippen molar-refractivity contribution < 1.29 is 4.79 Å². The van der Waals surface area contributed by atoms with E-state index in [0.29, 0.717) is 12.0 Å². The maximum absolute atomic E-state index is 11.9. The van der Waals surface area contributed by atoms with E-state index < -0.39 is 0 Å². The van der Waals surface area contributed by atoms with E-state index in [4.69, 9.17) is 0 Å². The Morgan fingerprint density at radius 1 is 1.40 bits per heavy atom. The van der Waals surface area contributed by atoms with Gasteiger partial charge in [0.1, 0.15) is 0 Å². The first-order valence-corrected chi connectivity index (χ1v) is 6.81. The van der Waals surface area contributed by atoms with Crippen molar-refractivity contribution in [1.82, 2.24) is 10.3 Å². The Hall–Kier alpha value is -2.00. The van der Waals surface area contributed by atoms with Gasteiger partial charge in [-0.25, -0.2) is 0 Å². The fraction of sp³-hybridized carbons (Fsp3) is 0.294. The monoisotopic (exact) mass is 270 g/mol. The van der Waals surface area contributed by atoms with Gasteiger partial charge in [0.2, 0.25) is 0 Å². The van der Waals surface area contributed by atoms with Gasteiger partial charge in [-0.2, -0.15) is 0 Å². The zero-order valence-corrected chi connectivity index (χ0v) is 12.2. The van der Waals surface area contributed by atoms with Crippen LogP contribution in [0, 0.1) is 0 Å². The van der Waals surface area contributed by atoms with Crippen LogP contribution in [0.25, 0.3) is 5.57 Å². The Morgan fingerprint density at radius 3 is 2.80 bits per heavy atom. The van der Waals surface area contributed by atoms with Gasteiger partial charge in [0.25, 0.3) is 0 Å². The summed E-state index contributed by atoms with van der Waals surface area (Å²) in [6, 6.07) is 3.66. The minimum absolute atomic E-state index is 0.134. The number of carbonyl (C=O) groups is 1. The highest BCUT2D eigenvalue weighted by Crippen LogP contribution is 2.13. The standard InChI is InChI=1S/C17H22N2O/c1-4-5-6-8-14(2)16-11-10-15(13-19-16)17(20)9-7-12-18-3/h4-6,8,10-11,13,18H,2,7,9,12H2,1,3H3/b5-4-,8-6-. The lowest BCUT2D eigenvalue weighted by molar-refractivity contribution is 0.0980. The van der Waals surface area contributed by atoms with Gasteiger partial charge >= 0.3 is 0 Å². The molecular weight excluding hydrogens is 248 g/mol. The molecule has 1 aromatic rings. The van der Waals surface area contributed by atoms with Gasteiger partial charge in [-0.1, -0.05) is 30.9 Å². The molecule has 3 nitrogen and oxygen atoms in total. The topological polar surface area (TPSA) is 42.0 Å². The number of nitrogens with zero attached hydrogens (tertiary/aromatic N) is 1. The van der Waals surface area contributed by atoms with Crippen LogP contribution in [0.2, 0.25) is 0 Å². The number of ketones is 1. The summed E-state index contributed by atoms with van der Waals surface area (Å²) in [5.41, 5.74) is 2.28. The van der Waals surface area contributed by atoms with Crippen molar-refractivity contribution in [3.63, 3.8) is 0 Å². The highest BCUT2D eigenvalue weighted by Gasteiger charge is 2.06. The fourth-order valence-electron chi connectivity index (χ4n) is 1.69. The summed E-state index contributed by atoms with van der Waals surface area (Å²) < 4.78 is 0. The van der Waals surface area contributed by atoms with Crippen LogP contribution in [0.3, 0.4) is 0 Å². The molecule has 0 amide bonds. The normalized spacial score (nSPS) is 11.3. The van der Waals surface area contributed by atoms with Crippen molar-refractivity contribution in [2.75, 3.05) is 13.6 Å². The number of allylic oxidation sites excluding steroid dienone is 5. The minimum Gasteiger partial charge on any atom is -0.320 e.